The Hall–Kier alpha value is -2.54. The Morgan fingerprint density at radius 2 is 1.91 bits per heavy atom. The molecule has 0 aliphatic rings. The van der Waals surface area contributed by atoms with E-state index in [-0.39, 0.29) is 16.9 Å². The van der Waals surface area contributed by atoms with Crippen LogP contribution in [0.2, 0.25) is 0 Å². The number of ether oxygens (including phenoxy) is 2. The van der Waals surface area contributed by atoms with Crippen molar-refractivity contribution in [2.75, 3.05) is 13.7 Å². The summed E-state index contributed by atoms with van der Waals surface area (Å²) >= 11 is 0.941. The SMILES string of the molecule is COc1cccc(OC(C)CNC(=O)c2ccc(C(=O)O)s2)c1. The van der Waals surface area contributed by atoms with E-state index in [1.165, 1.54) is 12.1 Å². The Kier molecular flexibility index (Phi) is 5.59. The zero-order valence-electron chi connectivity index (χ0n) is 12.7. The summed E-state index contributed by atoms with van der Waals surface area (Å²) in [6.07, 6.45) is -0.245. The molecule has 0 saturated heterocycles. The van der Waals surface area contributed by atoms with Gasteiger partial charge in [0.05, 0.1) is 18.5 Å². The van der Waals surface area contributed by atoms with Crippen molar-refractivity contribution >= 4 is 23.2 Å². The number of hydrogen-bond acceptors (Lipinski definition) is 5. The highest BCUT2D eigenvalue weighted by Crippen LogP contribution is 2.20. The van der Waals surface area contributed by atoms with E-state index in [1.54, 1.807) is 19.2 Å². The molecule has 1 aromatic heterocycles. The number of amides is 1. The number of thiophene rings is 1. The molecule has 1 atom stereocenters. The van der Waals surface area contributed by atoms with Gasteiger partial charge in [0.1, 0.15) is 22.5 Å². The van der Waals surface area contributed by atoms with Crippen LogP contribution in [0.4, 0.5) is 0 Å². The highest BCUT2D eigenvalue weighted by atomic mass is 32.1. The van der Waals surface area contributed by atoms with Crippen molar-refractivity contribution in [1.82, 2.24) is 5.32 Å². The summed E-state index contributed by atoms with van der Waals surface area (Å²) in [7, 11) is 1.58. The third-order valence-corrected chi connectivity index (χ3v) is 4.04. The lowest BCUT2D eigenvalue weighted by molar-refractivity contribution is 0.0702. The predicted molar refractivity (Wildman–Crippen MR) is 86.7 cm³/mol. The normalized spacial score (nSPS) is 11.6. The Morgan fingerprint density at radius 1 is 1.22 bits per heavy atom. The molecule has 2 N–H and O–H groups in total. The minimum atomic E-state index is -1.04. The van der Waals surface area contributed by atoms with Crippen LogP contribution in [0.5, 0.6) is 11.5 Å². The van der Waals surface area contributed by atoms with Crippen molar-refractivity contribution in [3.63, 3.8) is 0 Å². The van der Waals surface area contributed by atoms with E-state index in [9.17, 15) is 9.59 Å². The zero-order valence-corrected chi connectivity index (χ0v) is 13.6. The molecule has 0 aliphatic carbocycles. The number of carboxylic acid groups (broad SMARTS) is 1. The third-order valence-electron chi connectivity index (χ3n) is 2.97. The van der Waals surface area contributed by atoms with Crippen LogP contribution < -0.4 is 14.8 Å². The molecule has 6 nitrogen and oxygen atoms in total. The molecule has 1 heterocycles. The van der Waals surface area contributed by atoms with Crippen LogP contribution in [0, 0.1) is 0 Å². The van der Waals surface area contributed by atoms with Gasteiger partial charge in [-0.1, -0.05) is 6.07 Å². The van der Waals surface area contributed by atoms with Crippen molar-refractivity contribution in [2.45, 2.75) is 13.0 Å². The Balaban J connectivity index is 1.86. The van der Waals surface area contributed by atoms with Gasteiger partial charge >= 0.3 is 5.97 Å². The van der Waals surface area contributed by atoms with E-state index >= 15 is 0 Å². The average Bonchev–Trinajstić information content (AvgIpc) is 3.03. The number of benzene rings is 1. The fraction of sp³-hybridized carbons (Fsp3) is 0.250. The van der Waals surface area contributed by atoms with Crippen LogP contribution in [0.15, 0.2) is 36.4 Å². The molecule has 0 radical (unpaired) electrons. The first-order valence-corrected chi connectivity index (χ1v) is 7.73. The van der Waals surface area contributed by atoms with E-state index in [1.807, 2.05) is 19.1 Å². The molecule has 0 aliphatic heterocycles. The topological polar surface area (TPSA) is 84.9 Å². The van der Waals surface area contributed by atoms with Crippen LogP contribution in [0.25, 0.3) is 0 Å². The zero-order chi connectivity index (χ0) is 16.8. The molecule has 23 heavy (non-hydrogen) atoms. The maximum Gasteiger partial charge on any atom is 0.345 e. The van der Waals surface area contributed by atoms with E-state index in [2.05, 4.69) is 5.32 Å². The van der Waals surface area contributed by atoms with Gasteiger partial charge in [-0.25, -0.2) is 4.79 Å². The second-order valence-corrected chi connectivity index (χ2v) is 5.87. The molecule has 1 unspecified atom stereocenters. The smallest absolute Gasteiger partial charge is 0.345 e. The van der Waals surface area contributed by atoms with Crippen molar-refractivity contribution < 1.29 is 24.2 Å². The highest BCUT2D eigenvalue weighted by Gasteiger charge is 2.14. The van der Waals surface area contributed by atoms with Crippen LogP contribution in [-0.4, -0.2) is 36.7 Å². The van der Waals surface area contributed by atoms with E-state index in [0.29, 0.717) is 22.9 Å². The molecule has 2 aromatic rings. The number of carbonyl (C=O) groups excluding carboxylic acids is 1. The molecule has 0 saturated carbocycles. The molecular weight excluding hydrogens is 318 g/mol. The summed E-state index contributed by atoms with van der Waals surface area (Å²) in [5, 5.41) is 11.6. The Bertz CT molecular complexity index is 697. The molecule has 0 fully saturated rings. The summed E-state index contributed by atoms with van der Waals surface area (Å²) in [6.45, 7) is 2.13. The standard InChI is InChI=1S/C16H17NO5S/c1-10(22-12-5-3-4-11(8-12)21-2)9-17-15(18)13-6-7-14(23-13)16(19)20/h3-8,10H,9H2,1-2H3,(H,17,18)(H,19,20). The molecule has 2 rings (SSSR count). The third kappa shape index (κ3) is 4.72. The molecule has 0 spiro atoms. The van der Waals surface area contributed by atoms with Gasteiger partial charge in [0.25, 0.3) is 5.91 Å². The molecule has 7 heteroatoms. The summed E-state index contributed by atoms with van der Waals surface area (Å²) < 4.78 is 10.8. The number of carbonyl (C=O) groups is 2. The van der Waals surface area contributed by atoms with Gasteiger partial charge in [-0.3, -0.25) is 4.79 Å². The molecular formula is C16H17NO5S. The Labute approximate surface area is 137 Å². The maximum atomic E-state index is 12.0. The fourth-order valence-corrected chi connectivity index (χ4v) is 2.61. The fourth-order valence-electron chi connectivity index (χ4n) is 1.85. The van der Waals surface area contributed by atoms with E-state index < -0.39 is 5.97 Å². The van der Waals surface area contributed by atoms with Crippen LogP contribution in [-0.2, 0) is 0 Å². The number of aromatic carboxylic acids is 1. The number of methoxy groups -OCH3 is 1. The minimum Gasteiger partial charge on any atom is -0.497 e. The lowest BCUT2D eigenvalue weighted by atomic mass is 10.3. The van der Waals surface area contributed by atoms with Crippen LogP contribution in [0.3, 0.4) is 0 Å². The first kappa shape index (κ1) is 16.8. The van der Waals surface area contributed by atoms with Gasteiger partial charge in [0.2, 0.25) is 0 Å². The first-order valence-electron chi connectivity index (χ1n) is 6.91. The van der Waals surface area contributed by atoms with Crippen LogP contribution in [0.1, 0.15) is 26.3 Å². The van der Waals surface area contributed by atoms with Crippen molar-refractivity contribution in [3.8, 4) is 11.5 Å². The molecule has 1 aromatic carbocycles. The van der Waals surface area contributed by atoms with Gasteiger partial charge in [-0.05, 0) is 31.2 Å². The van der Waals surface area contributed by atoms with E-state index in [4.69, 9.17) is 14.6 Å². The van der Waals surface area contributed by atoms with Crippen LogP contribution >= 0.6 is 11.3 Å². The molecule has 122 valence electrons. The molecule has 0 bridgehead atoms. The Morgan fingerprint density at radius 3 is 2.57 bits per heavy atom. The van der Waals surface area contributed by atoms with Gasteiger partial charge in [0, 0.05) is 6.07 Å². The minimum absolute atomic E-state index is 0.135. The first-order chi connectivity index (χ1) is 11.0. The second kappa shape index (κ2) is 7.64. The number of hydrogen-bond donors (Lipinski definition) is 2. The lowest BCUT2D eigenvalue weighted by Crippen LogP contribution is -2.33. The van der Waals surface area contributed by atoms with Crippen molar-refractivity contribution in [1.29, 1.82) is 0 Å². The number of carboxylic acids is 1. The quantitative estimate of drug-likeness (QED) is 0.812. The lowest BCUT2D eigenvalue weighted by Gasteiger charge is -2.15. The monoisotopic (exact) mass is 335 g/mol. The summed E-state index contributed by atoms with van der Waals surface area (Å²) in [5.41, 5.74) is 0. The predicted octanol–water partition coefficient (Wildman–Crippen LogP) is 2.65. The van der Waals surface area contributed by atoms with E-state index in [0.717, 1.165) is 11.3 Å². The summed E-state index contributed by atoms with van der Waals surface area (Å²) in [6, 6.07) is 10.1. The van der Waals surface area contributed by atoms with Gasteiger partial charge < -0.3 is 19.9 Å². The maximum absolute atomic E-state index is 12.0. The van der Waals surface area contributed by atoms with Gasteiger partial charge in [-0.15, -0.1) is 11.3 Å². The van der Waals surface area contributed by atoms with Crippen molar-refractivity contribution in [2.24, 2.45) is 0 Å². The van der Waals surface area contributed by atoms with Gasteiger partial charge in [0.15, 0.2) is 0 Å². The molecule has 1 amide bonds. The number of rotatable bonds is 7. The largest absolute Gasteiger partial charge is 0.497 e. The number of nitrogens with one attached hydrogen (secondary N) is 1. The summed E-state index contributed by atoms with van der Waals surface area (Å²) in [4.78, 5) is 23.3. The highest BCUT2D eigenvalue weighted by molar-refractivity contribution is 7.15. The second-order valence-electron chi connectivity index (χ2n) is 4.79. The average molecular weight is 335 g/mol. The van der Waals surface area contributed by atoms with Crippen molar-refractivity contribution in [3.05, 3.63) is 46.2 Å². The van der Waals surface area contributed by atoms with Gasteiger partial charge in [-0.2, -0.15) is 0 Å². The summed E-state index contributed by atoms with van der Waals surface area (Å²) in [5.74, 6) is -0.0127.